The minimum Gasteiger partial charge on any atom is -0.351 e. The van der Waals surface area contributed by atoms with Crippen LogP contribution < -0.4 is 11.1 Å². The Morgan fingerprint density at radius 2 is 1.90 bits per heavy atom. The van der Waals surface area contributed by atoms with E-state index in [-0.39, 0.29) is 12.0 Å². The van der Waals surface area contributed by atoms with Crippen molar-refractivity contribution < 1.29 is 22.4 Å². The fourth-order valence-corrected chi connectivity index (χ4v) is 1.77. The van der Waals surface area contributed by atoms with E-state index in [1.807, 2.05) is 13.8 Å². The van der Waals surface area contributed by atoms with Crippen LogP contribution in [0.1, 0.15) is 36.2 Å². The van der Waals surface area contributed by atoms with E-state index < -0.39 is 29.0 Å². The lowest BCUT2D eigenvalue weighted by atomic mass is 9.89. The smallest absolute Gasteiger partial charge is 0.351 e. The Kier molecular flexibility index (Phi) is 5.33. The van der Waals surface area contributed by atoms with E-state index in [1.165, 1.54) is 0 Å². The Balaban J connectivity index is 2.88. The third kappa shape index (κ3) is 5.00. The van der Waals surface area contributed by atoms with Gasteiger partial charge in [-0.05, 0) is 36.6 Å². The zero-order valence-electron chi connectivity index (χ0n) is 11.9. The number of hydrogen-bond acceptors (Lipinski definition) is 2. The van der Waals surface area contributed by atoms with Crippen LogP contribution in [0.15, 0.2) is 18.2 Å². The van der Waals surface area contributed by atoms with Crippen LogP contribution in [0.3, 0.4) is 0 Å². The summed E-state index contributed by atoms with van der Waals surface area (Å²) >= 11 is 0. The summed E-state index contributed by atoms with van der Waals surface area (Å²) in [6, 6.07) is 1.76. The predicted molar refractivity (Wildman–Crippen MR) is 71.2 cm³/mol. The van der Waals surface area contributed by atoms with Crippen molar-refractivity contribution in [3.05, 3.63) is 35.1 Å². The lowest BCUT2D eigenvalue weighted by molar-refractivity contribution is -0.137. The number of halogens is 4. The molecule has 7 heteroatoms. The van der Waals surface area contributed by atoms with Crippen molar-refractivity contribution >= 4 is 5.91 Å². The van der Waals surface area contributed by atoms with Crippen molar-refractivity contribution in [2.75, 3.05) is 13.1 Å². The van der Waals surface area contributed by atoms with Gasteiger partial charge in [0.1, 0.15) is 5.82 Å². The molecule has 0 spiro atoms. The first-order valence-corrected chi connectivity index (χ1v) is 6.42. The van der Waals surface area contributed by atoms with Gasteiger partial charge in [-0.2, -0.15) is 13.2 Å². The standard InChI is InChI=1S/C14H18F4N2O/c1-13(2,5-6-19)8-20-12(21)10-7-9(14(16,17)18)3-4-11(10)15/h3-4,7H,5-6,8,19H2,1-2H3,(H,20,21). The molecule has 0 atom stereocenters. The van der Waals surface area contributed by atoms with Crippen LogP contribution in [0.25, 0.3) is 0 Å². The molecule has 0 saturated heterocycles. The van der Waals surface area contributed by atoms with Gasteiger partial charge < -0.3 is 11.1 Å². The quantitative estimate of drug-likeness (QED) is 0.822. The number of carbonyl (C=O) groups is 1. The Labute approximate surface area is 120 Å². The second-order valence-corrected chi connectivity index (χ2v) is 5.58. The van der Waals surface area contributed by atoms with Gasteiger partial charge in [0, 0.05) is 6.54 Å². The van der Waals surface area contributed by atoms with Crippen LogP contribution in [0, 0.1) is 11.2 Å². The van der Waals surface area contributed by atoms with Crippen LogP contribution in [0.4, 0.5) is 17.6 Å². The summed E-state index contributed by atoms with van der Waals surface area (Å²) in [6.45, 7) is 4.31. The highest BCUT2D eigenvalue weighted by Crippen LogP contribution is 2.30. The summed E-state index contributed by atoms with van der Waals surface area (Å²) in [5.41, 5.74) is 3.43. The summed E-state index contributed by atoms with van der Waals surface area (Å²) in [4.78, 5) is 11.8. The average Bonchev–Trinajstić information content (AvgIpc) is 2.35. The zero-order chi connectivity index (χ0) is 16.3. The third-order valence-corrected chi connectivity index (χ3v) is 3.09. The maximum Gasteiger partial charge on any atom is 0.416 e. The molecule has 1 aromatic rings. The monoisotopic (exact) mass is 306 g/mol. The first-order valence-electron chi connectivity index (χ1n) is 6.42. The molecule has 0 fully saturated rings. The van der Waals surface area contributed by atoms with Gasteiger partial charge in [0.2, 0.25) is 0 Å². The van der Waals surface area contributed by atoms with Gasteiger partial charge in [0.05, 0.1) is 11.1 Å². The zero-order valence-corrected chi connectivity index (χ0v) is 11.9. The van der Waals surface area contributed by atoms with Gasteiger partial charge in [-0.3, -0.25) is 4.79 Å². The van der Waals surface area contributed by atoms with Crippen LogP contribution >= 0.6 is 0 Å². The van der Waals surface area contributed by atoms with E-state index >= 15 is 0 Å². The van der Waals surface area contributed by atoms with E-state index in [2.05, 4.69) is 5.32 Å². The van der Waals surface area contributed by atoms with Crippen LogP contribution in [-0.2, 0) is 6.18 Å². The molecule has 0 aliphatic rings. The summed E-state index contributed by atoms with van der Waals surface area (Å²) in [7, 11) is 0. The lowest BCUT2D eigenvalue weighted by Crippen LogP contribution is -2.35. The molecule has 3 nitrogen and oxygen atoms in total. The number of benzene rings is 1. The average molecular weight is 306 g/mol. The number of amides is 1. The molecule has 0 radical (unpaired) electrons. The molecule has 0 saturated carbocycles. The van der Waals surface area contributed by atoms with Crippen molar-refractivity contribution in [3.63, 3.8) is 0 Å². The molecule has 1 amide bonds. The number of nitrogens with one attached hydrogen (secondary N) is 1. The second kappa shape index (κ2) is 6.43. The molecule has 0 aliphatic carbocycles. The van der Waals surface area contributed by atoms with Gasteiger partial charge in [0.25, 0.3) is 5.91 Å². The summed E-state index contributed by atoms with van der Waals surface area (Å²) in [5, 5.41) is 2.44. The molecule has 0 unspecified atom stereocenters. The fourth-order valence-electron chi connectivity index (χ4n) is 1.77. The van der Waals surface area contributed by atoms with Gasteiger partial charge in [-0.25, -0.2) is 4.39 Å². The number of carbonyl (C=O) groups excluding carboxylic acids is 1. The number of rotatable bonds is 5. The molecule has 0 aliphatic heterocycles. The highest BCUT2D eigenvalue weighted by molar-refractivity contribution is 5.94. The Morgan fingerprint density at radius 1 is 1.29 bits per heavy atom. The van der Waals surface area contributed by atoms with Crippen LogP contribution in [0.5, 0.6) is 0 Å². The highest BCUT2D eigenvalue weighted by atomic mass is 19.4. The topological polar surface area (TPSA) is 55.1 Å². The van der Waals surface area contributed by atoms with E-state index in [0.29, 0.717) is 31.2 Å². The number of nitrogens with two attached hydrogens (primary N) is 1. The molecular formula is C14H18F4N2O. The Morgan fingerprint density at radius 3 is 2.43 bits per heavy atom. The van der Waals surface area contributed by atoms with Crippen molar-refractivity contribution in [3.8, 4) is 0 Å². The largest absolute Gasteiger partial charge is 0.416 e. The minimum absolute atomic E-state index is 0.193. The first-order chi connectivity index (χ1) is 9.57. The Bertz CT molecular complexity index is 512. The van der Waals surface area contributed by atoms with Crippen molar-refractivity contribution in [2.45, 2.75) is 26.4 Å². The molecule has 0 heterocycles. The fraction of sp³-hybridized carbons (Fsp3) is 0.500. The molecule has 0 bridgehead atoms. The van der Waals surface area contributed by atoms with Crippen molar-refractivity contribution in [1.29, 1.82) is 0 Å². The van der Waals surface area contributed by atoms with E-state index in [0.717, 1.165) is 0 Å². The number of hydrogen-bond donors (Lipinski definition) is 2. The Hall–Kier alpha value is -1.63. The van der Waals surface area contributed by atoms with E-state index in [1.54, 1.807) is 0 Å². The third-order valence-electron chi connectivity index (χ3n) is 3.09. The molecule has 1 rings (SSSR count). The molecule has 1 aromatic carbocycles. The number of alkyl halides is 3. The predicted octanol–water partition coefficient (Wildman–Crippen LogP) is 2.95. The minimum atomic E-state index is -4.62. The van der Waals surface area contributed by atoms with E-state index in [4.69, 9.17) is 5.73 Å². The second-order valence-electron chi connectivity index (χ2n) is 5.58. The van der Waals surface area contributed by atoms with Gasteiger partial charge in [-0.15, -0.1) is 0 Å². The lowest BCUT2D eigenvalue weighted by Gasteiger charge is -2.24. The maximum atomic E-state index is 13.5. The molecule has 0 aromatic heterocycles. The first kappa shape index (κ1) is 17.4. The summed E-state index contributed by atoms with van der Waals surface area (Å²) < 4.78 is 51.2. The van der Waals surface area contributed by atoms with Crippen LogP contribution in [0.2, 0.25) is 0 Å². The van der Waals surface area contributed by atoms with Gasteiger partial charge >= 0.3 is 6.18 Å². The molecular weight excluding hydrogens is 288 g/mol. The molecule has 118 valence electrons. The SMILES string of the molecule is CC(C)(CCN)CNC(=O)c1cc(C(F)(F)F)ccc1F. The maximum absolute atomic E-state index is 13.5. The molecule has 21 heavy (non-hydrogen) atoms. The highest BCUT2D eigenvalue weighted by Gasteiger charge is 2.32. The van der Waals surface area contributed by atoms with Gasteiger partial charge in [0.15, 0.2) is 0 Å². The molecule has 3 N–H and O–H groups in total. The van der Waals surface area contributed by atoms with Crippen molar-refractivity contribution in [1.82, 2.24) is 5.32 Å². The van der Waals surface area contributed by atoms with E-state index in [9.17, 15) is 22.4 Å². The van der Waals surface area contributed by atoms with Crippen LogP contribution in [-0.4, -0.2) is 19.0 Å². The summed E-state index contributed by atoms with van der Waals surface area (Å²) in [5.74, 6) is -1.86. The van der Waals surface area contributed by atoms with Gasteiger partial charge in [-0.1, -0.05) is 13.8 Å². The normalized spacial score (nSPS) is 12.3. The summed E-state index contributed by atoms with van der Waals surface area (Å²) in [6.07, 6.45) is -4.00. The van der Waals surface area contributed by atoms with Crippen molar-refractivity contribution in [2.24, 2.45) is 11.1 Å².